The molecule has 35 heavy (non-hydrogen) atoms. The van der Waals surface area contributed by atoms with E-state index in [0.717, 1.165) is 48.6 Å². The van der Waals surface area contributed by atoms with E-state index >= 15 is 0 Å². The summed E-state index contributed by atoms with van der Waals surface area (Å²) in [4.78, 5) is 2.30. The van der Waals surface area contributed by atoms with Gasteiger partial charge in [0, 0.05) is 23.2 Å². The van der Waals surface area contributed by atoms with Gasteiger partial charge >= 0.3 is 0 Å². The van der Waals surface area contributed by atoms with Gasteiger partial charge in [0.15, 0.2) is 0 Å². The summed E-state index contributed by atoms with van der Waals surface area (Å²) in [5.74, 6) is -1.10. The molecule has 0 aliphatic carbocycles. The minimum Gasteiger partial charge on any atom is -0.493 e. The summed E-state index contributed by atoms with van der Waals surface area (Å²) in [5, 5.41) is 0.361. The van der Waals surface area contributed by atoms with Crippen LogP contribution >= 0.6 is 11.6 Å². The van der Waals surface area contributed by atoms with E-state index in [-0.39, 0.29) is 17.1 Å². The fraction of sp³-hybridized carbons (Fsp3) is 0.308. The number of halogens is 3. The predicted molar refractivity (Wildman–Crippen MR) is 133 cm³/mol. The highest BCUT2D eigenvalue weighted by Gasteiger charge is 2.29. The molecular weight excluding hydrogens is 494 g/mol. The number of rotatable bonds is 10. The molecule has 0 aromatic heterocycles. The zero-order valence-corrected chi connectivity index (χ0v) is 20.7. The monoisotopic (exact) mass is 520 g/mol. The number of benzene rings is 3. The maximum atomic E-state index is 14.8. The number of anilines is 1. The van der Waals surface area contributed by atoms with E-state index in [1.807, 2.05) is 0 Å². The largest absolute Gasteiger partial charge is 0.493 e. The second kappa shape index (κ2) is 11.4. The number of hydrogen-bond acceptors (Lipinski definition) is 4. The van der Waals surface area contributed by atoms with Gasteiger partial charge in [-0.25, -0.2) is 17.2 Å². The number of hydrogen-bond donors (Lipinski definition) is 0. The fourth-order valence-electron chi connectivity index (χ4n) is 4.12. The van der Waals surface area contributed by atoms with Crippen LogP contribution < -0.4 is 9.04 Å². The van der Waals surface area contributed by atoms with E-state index in [1.54, 1.807) is 24.3 Å². The molecule has 1 heterocycles. The Bertz CT molecular complexity index is 1250. The van der Waals surface area contributed by atoms with Gasteiger partial charge in [0.1, 0.15) is 17.4 Å². The second-order valence-electron chi connectivity index (χ2n) is 8.42. The van der Waals surface area contributed by atoms with Gasteiger partial charge in [-0.15, -0.1) is 0 Å². The summed E-state index contributed by atoms with van der Waals surface area (Å²) in [7, 11) is -4.26. The van der Waals surface area contributed by atoms with E-state index in [0.29, 0.717) is 22.9 Å². The molecule has 1 aliphatic rings. The highest BCUT2D eigenvalue weighted by Crippen LogP contribution is 2.31. The Hall–Kier alpha value is -2.68. The number of ether oxygens (including phenoxy) is 1. The summed E-state index contributed by atoms with van der Waals surface area (Å²) >= 11 is 5.92. The van der Waals surface area contributed by atoms with Crippen molar-refractivity contribution in [3.8, 4) is 5.75 Å². The average molecular weight is 521 g/mol. The van der Waals surface area contributed by atoms with Crippen LogP contribution in [0.2, 0.25) is 5.02 Å². The number of nitrogens with zero attached hydrogens (tertiary/aromatic N) is 2. The average Bonchev–Trinajstić information content (AvgIpc) is 3.36. The smallest absolute Gasteiger partial charge is 0.264 e. The van der Waals surface area contributed by atoms with Crippen molar-refractivity contribution in [2.75, 3.05) is 30.5 Å². The molecule has 1 saturated heterocycles. The first-order valence-electron chi connectivity index (χ1n) is 11.5. The zero-order valence-electron chi connectivity index (χ0n) is 19.2. The van der Waals surface area contributed by atoms with E-state index in [1.165, 1.54) is 37.1 Å². The molecule has 3 aromatic carbocycles. The zero-order chi connectivity index (χ0) is 24.8. The minimum atomic E-state index is -4.26. The number of likely N-dealkylation sites (tertiary alicyclic amines) is 1. The van der Waals surface area contributed by atoms with Crippen LogP contribution in [0.1, 0.15) is 24.8 Å². The third kappa shape index (κ3) is 6.31. The molecule has 0 saturated carbocycles. The van der Waals surface area contributed by atoms with Gasteiger partial charge < -0.3 is 9.64 Å². The van der Waals surface area contributed by atoms with Crippen molar-refractivity contribution < 1.29 is 21.9 Å². The van der Waals surface area contributed by atoms with E-state index < -0.39 is 21.7 Å². The predicted octanol–water partition coefficient (Wildman–Crippen LogP) is 5.88. The first-order chi connectivity index (χ1) is 16.8. The van der Waals surface area contributed by atoms with Crippen molar-refractivity contribution >= 4 is 27.3 Å². The third-order valence-electron chi connectivity index (χ3n) is 5.94. The Balaban J connectivity index is 1.61. The fourth-order valence-corrected chi connectivity index (χ4v) is 5.69. The van der Waals surface area contributed by atoms with Crippen LogP contribution in [0, 0.1) is 11.6 Å². The lowest BCUT2D eigenvalue weighted by Gasteiger charge is -2.26. The number of para-hydroxylation sites is 1. The molecule has 0 bridgehead atoms. The molecule has 0 radical (unpaired) electrons. The van der Waals surface area contributed by atoms with Crippen LogP contribution in [0.5, 0.6) is 5.75 Å². The maximum absolute atomic E-state index is 14.8. The molecule has 0 spiro atoms. The van der Waals surface area contributed by atoms with Crippen LogP contribution in [0.25, 0.3) is 0 Å². The number of sulfonamides is 1. The molecule has 3 aromatic rings. The Labute approximate surface area is 209 Å². The summed E-state index contributed by atoms with van der Waals surface area (Å²) in [6, 6.07) is 15.3. The molecule has 1 aliphatic heterocycles. The van der Waals surface area contributed by atoms with E-state index in [4.69, 9.17) is 16.3 Å². The standard InChI is InChI=1S/C26H27ClF2N2O3S/c27-21-8-11-23(12-9-21)35(32,33)31(25-18-22(28)10-13-24(25)29)19-20-6-1-2-7-26(20)34-17-5-16-30-14-3-4-15-30/h1-2,6-13,18H,3-5,14-17,19H2. The van der Waals surface area contributed by atoms with Crippen LogP contribution in [0.15, 0.2) is 71.6 Å². The van der Waals surface area contributed by atoms with Crippen molar-refractivity contribution in [3.63, 3.8) is 0 Å². The van der Waals surface area contributed by atoms with Gasteiger partial charge in [0.25, 0.3) is 10.0 Å². The third-order valence-corrected chi connectivity index (χ3v) is 7.97. The van der Waals surface area contributed by atoms with Crippen molar-refractivity contribution in [2.24, 2.45) is 0 Å². The van der Waals surface area contributed by atoms with Crippen molar-refractivity contribution in [1.82, 2.24) is 4.90 Å². The van der Waals surface area contributed by atoms with Gasteiger partial charge in [0.2, 0.25) is 0 Å². The van der Waals surface area contributed by atoms with Gasteiger partial charge in [-0.05, 0) is 74.8 Å². The van der Waals surface area contributed by atoms with Crippen LogP contribution in [-0.4, -0.2) is 39.6 Å². The van der Waals surface area contributed by atoms with Gasteiger partial charge in [-0.1, -0.05) is 29.8 Å². The quantitative estimate of drug-likeness (QED) is 0.313. The first kappa shape index (κ1) is 25.4. The van der Waals surface area contributed by atoms with Crippen LogP contribution in [0.3, 0.4) is 0 Å². The molecule has 0 N–H and O–H groups in total. The molecule has 5 nitrogen and oxygen atoms in total. The van der Waals surface area contributed by atoms with Gasteiger partial charge in [0.05, 0.1) is 23.7 Å². The molecule has 9 heteroatoms. The second-order valence-corrected chi connectivity index (χ2v) is 10.7. The van der Waals surface area contributed by atoms with Crippen molar-refractivity contribution in [2.45, 2.75) is 30.7 Å². The highest BCUT2D eigenvalue weighted by molar-refractivity contribution is 7.92. The van der Waals surface area contributed by atoms with Gasteiger partial charge in [-0.3, -0.25) is 4.31 Å². The Morgan fingerprint density at radius 1 is 0.971 bits per heavy atom. The summed E-state index contributed by atoms with van der Waals surface area (Å²) in [6.07, 6.45) is 3.27. The molecular formula is C26H27ClF2N2O3S. The Morgan fingerprint density at radius 3 is 2.43 bits per heavy atom. The normalized spacial score (nSPS) is 14.3. The van der Waals surface area contributed by atoms with Crippen LogP contribution in [0.4, 0.5) is 14.5 Å². The Kier molecular flexibility index (Phi) is 8.26. The summed E-state index contributed by atoms with van der Waals surface area (Å²) in [5.41, 5.74) is 0.152. The van der Waals surface area contributed by atoms with Crippen molar-refractivity contribution in [1.29, 1.82) is 0 Å². The van der Waals surface area contributed by atoms with Gasteiger partial charge in [-0.2, -0.15) is 0 Å². The van der Waals surface area contributed by atoms with E-state index in [9.17, 15) is 17.2 Å². The first-order valence-corrected chi connectivity index (χ1v) is 13.3. The molecule has 0 atom stereocenters. The molecule has 4 rings (SSSR count). The lowest BCUT2D eigenvalue weighted by Crippen LogP contribution is -2.31. The Morgan fingerprint density at radius 2 is 1.69 bits per heavy atom. The molecule has 0 unspecified atom stereocenters. The van der Waals surface area contributed by atoms with E-state index in [2.05, 4.69) is 4.90 Å². The molecule has 0 amide bonds. The van der Waals surface area contributed by atoms with Crippen LogP contribution in [-0.2, 0) is 16.6 Å². The summed E-state index contributed by atoms with van der Waals surface area (Å²) < 4.78 is 62.9. The lowest BCUT2D eigenvalue weighted by atomic mass is 10.2. The maximum Gasteiger partial charge on any atom is 0.264 e. The van der Waals surface area contributed by atoms with Crippen molar-refractivity contribution in [3.05, 3.63) is 89.0 Å². The summed E-state index contributed by atoms with van der Waals surface area (Å²) in [6.45, 7) is 3.37. The SMILES string of the molecule is O=S(=O)(c1ccc(Cl)cc1)N(Cc1ccccc1OCCCN1CCCC1)c1cc(F)ccc1F. The molecule has 186 valence electrons. The lowest BCUT2D eigenvalue weighted by molar-refractivity contribution is 0.262. The topological polar surface area (TPSA) is 49.9 Å². The highest BCUT2D eigenvalue weighted by atomic mass is 35.5. The minimum absolute atomic E-state index is 0.0884. The molecule has 1 fully saturated rings.